The minimum absolute atomic E-state index is 0.0467. The van der Waals surface area contributed by atoms with Gasteiger partial charge in [-0.3, -0.25) is 29.0 Å². The zero-order valence-electron chi connectivity index (χ0n) is 50.5. The van der Waals surface area contributed by atoms with Crippen LogP contribution in [0.1, 0.15) is 120 Å². The third-order valence-corrected chi connectivity index (χ3v) is 17.3. The number of benzene rings is 9. The zero-order valence-corrected chi connectivity index (χ0v) is 50.5. The molecule has 2 atom stereocenters. The SMILES string of the molecule is CCCCC(CC)CN1C(=O)c2cc(-c3ccc(OC(F)=C(F)F)cc3)c3c4c(-c5ccc(OC(F)=C(F)F)cc5)cc5c6c(cc(-c7ccc(OC(F)=C(F)F)cc7)c(c7c(-c8ccc(OC(F)=C(F)F)cc8)cc(c2c37)C1=O)c64)C(=O)N(CC(CC)CCCC)C5=O. The molecular weight excluding hydrogens is 1250 g/mol. The van der Waals surface area contributed by atoms with Gasteiger partial charge in [0.05, 0.1) is 0 Å². The number of carbonyl (C=O) groups excluding carboxylic acids is 4. The first-order valence-electron chi connectivity index (χ1n) is 30.1. The summed E-state index contributed by atoms with van der Waals surface area (Å²) in [6.07, 6.45) is -5.59. The molecule has 11 rings (SSSR count). The van der Waals surface area contributed by atoms with Gasteiger partial charge in [0, 0.05) is 56.9 Å². The van der Waals surface area contributed by atoms with Crippen molar-refractivity contribution < 1.29 is 90.8 Å². The molecule has 0 N–H and O–H groups in total. The van der Waals surface area contributed by atoms with Crippen LogP contribution < -0.4 is 18.9 Å². The molecule has 10 nitrogen and oxygen atoms in total. The lowest BCUT2D eigenvalue weighted by Gasteiger charge is -2.34. The normalized spacial score (nSPS) is 13.5. The third-order valence-electron chi connectivity index (χ3n) is 17.3. The highest BCUT2D eigenvalue weighted by Gasteiger charge is 2.42. The van der Waals surface area contributed by atoms with E-state index in [0.717, 1.165) is 35.5 Å². The van der Waals surface area contributed by atoms with Gasteiger partial charge in [0.25, 0.3) is 23.6 Å². The molecule has 0 radical (unpaired) electrons. The van der Waals surface area contributed by atoms with Crippen molar-refractivity contribution in [2.45, 2.75) is 79.1 Å². The molecule has 0 aromatic heterocycles. The number of nitrogens with zero attached hydrogens (tertiary/aromatic N) is 2. The van der Waals surface area contributed by atoms with Gasteiger partial charge < -0.3 is 18.9 Å². The average Bonchev–Trinajstić information content (AvgIpc) is 0.669. The van der Waals surface area contributed by atoms with Gasteiger partial charge in [0.2, 0.25) is 0 Å². The maximum absolute atomic E-state index is 15.7. The predicted molar refractivity (Wildman–Crippen MR) is 331 cm³/mol. The molecule has 4 amide bonds. The Morgan fingerprint density at radius 3 is 0.734 bits per heavy atom. The highest BCUT2D eigenvalue weighted by Crippen LogP contribution is 2.57. The van der Waals surface area contributed by atoms with Gasteiger partial charge in [-0.05, 0) is 164 Å². The summed E-state index contributed by atoms with van der Waals surface area (Å²) in [5, 5.41) is 1.05. The molecule has 0 saturated heterocycles. The monoisotopic (exact) mass is 1300 g/mol. The number of rotatable bonds is 24. The first-order valence-corrected chi connectivity index (χ1v) is 30.1. The van der Waals surface area contributed by atoms with Crippen LogP contribution in [0.15, 0.2) is 170 Å². The largest absolute Gasteiger partial charge is 0.428 e. The summed E-state index contributed by atoms with van der Waals surface area (Å²) in [4.78, 5) is 65.2. The molecular formula is C72H54F12N2O8. The van der Waals surface area contributed by atoms with Crippen LogP contribution >= 0.6 is 0 Å². The topological polar surface area (TPSA) is 112 Å². The highest BCUT2D eigenvalue weighted by atomic mass is 19.3. The summed E-state index contributed by atoms with van der Waals surface area (Å²) >= 11 is 0. The Morgan fingerprint density at radius 2 is 0.543 bits per heavy atom. The van der Waals surface area contributed by atoms with Crippen molar-refractivity contribution in [1.82, 2.24) is 9.80 Å². The average molecular weight is 1300 g/mol. The van der Waals surface area contributed by atoms with Crippen molar-refractivity contribution in [2.24, 2.45) is 11.8 Å². The fourth-order valence-electron chi connectivity index (χ4n) is 12.7. The molecule has 0 fully saturated rings. The summed E-state index contributed by atoms with van der Waals surface area (Å²) < 4.78 is 185. The van der Waals surface area contributed by atoms with Gasteiger partial charge in [-0.2, -0.15) is 52.7 Å². The van der Waals surface area contributed by atoms with Crippen LogP contribution in [0.3, 0.4) is 0 Å². The van der Waals surface area contributed by atoms with E-state index < -0.39 is 95.0 Å². The number of imide groups is 2. The first-order chi connectivity index (χ1) is 45.1. The van der Waals surface area contributed by atoms with Gasteiger partial charge in [-0.15, -0.1) is 0 Å². The van der Waals surface area contributed by atoms with E-state index in [1.807, 2.05) is 27.7 Å². The Bertz CT molecular complexity index is 4090. The number of unbranched alkanes of at least 4 members (excludes halogenated alkanes) is 2. The molecule has 22 heteroatoms. The second-order valence-electron chi connectivity index (χ2n) is 22.8. The van der Waals surface area contributed by atoms with E-state index in [9.17, 15) is 52.7 Å². The lowest BCUT2D eigenvalue weighted by molar-refractivity contribution is 0.0565. The van der Waals surface area contributed by atoms with E-state index in [1.54, 1.807) is 0 Å². The quantitative estimate of drug-likeness (QED) is 0.0193. The highest BCUT2D eigenvalue weighted by molar-refractivity contribution is 6.47. The smallest absolute Gasteiger partial charge is 0.344 e. The number of carbonyl (C=O) groups is 4. The molecule has 9 aromatic rings. The summed E-state index contributed by atoms with van der Waals surface area (Å²) in [5.41, 5.74) is 1.19. The van der Waals surface area contributed by atoms with Crippen LogP contribution in [0, 0.1) is 11.8 Å². The maximum Gasteiger partial charge on any atom is 0.344 e. The van der Waals surface area contributed by atoms with Gasteiger partial charge >= 0.3 is 48.4 Å². The van der Waals surface area contributed by atoms with E-state index in [1.165, 1.54) is 121 Å². The molecule has 2 aliphatic rings. The minimum atomic E-state index is -2.76. The molecule has 9 aromatic carbocycles. The van der Waals surface area contributed by atoms with Crippen LogP contribution in [-0.2, 0) is 0 Å². The second kappa shape index (κ2) is 26.8. The van der Waals surface area contributed by atoms with Gasteiger partial charge in [0.1, 0.15) is 23.0 Å². The number of fused-ring (bicyclic) bond motifs is 2. The van der Waals surface area contributed by atoms with Crippen LogP contribution in [0.25, 0.3) is 87.6 Å². The molecule has 0 aliphatic carbocycles. The molecule has 0 bridgehead atoms. The number of ether oxygens (including phenoxy) is 4. The van der Waals surface area contributed by atoms with Crippen molar-refractivity contribution in [3.8, 4) is 67.5 Å². The number of hydrogen-bond acceptors (Lipinski definition) is 8. The Hall–Kier alpha value is -10.1. The van der Waals surface area contributed by atoms with Crippen LogP contribution in [0.4, 0.5) is 52.7 Å². The summed E-state index contributed by atoms with van der Waals surface area (Å²) in [7, 11) is 0. The number of amides is 4. The Labute approximate surface area is 528 Å². The number of halogens is 12. The fraction of sp³-hybridized carbons (Fsp3) is 0.222. The lowest BCUT2D eigenvalue weighted by Crippen LogP contribution is -2.43. The van der Waals surface area contributed by atoms with E-state index in [-0.39, 0.29) is 135 Å². The summed E-state index contributed by atoms with van der Waals surface area (Å²) in [6.45, 7) is 7.71. The zero-order chi connectivity index (χ0) is 67.1. The standard InChI is InChI=1S/C72H54F12N2O8/c1-5-9-11-35(7-3)33-85-69(87)49-29-45(37-13-21-41(22-14-37)91-65(81)61(73)74)55-57-47(39-17-25-43(26-18-39)93-67(83)63(77)78)31-51-54-52(72(90)86(71(51)89)34-36(8-4)12-10-6-2)32-48(40-19-27-44(28-20-40)94-68(84)64(79)80)58(60(54)57)56-46(30-50(70(85)88)53(49)59(55)56)38-15-23-42(24-16-38)92-66(82)62(75)76/h13-32,35-36H,5-12,33-34H2,1-4H3. The Kier molecular flexibility index (Phi) is 18.7. The van der Waals surface area contributed by atoms with Crippen molar-refractivity contribution in [1.29, 1.82) is 0 Å². The van der Waals surface area contributed by atoms with Crippen molar-refractivity contribution in [2.75, 3.05) is 13.1 Å². The van der Waals surface area contributed by atoms with Gasteiger partial charge in [-0.25, -0.2) is 0 Å². The Morgan fingerprint density at radius 1 is 0.319 bits per heavy atom. The van der Waals surface area contributed by atoms with E-state index in [0.29, 0.717) is 25.7 Å². The third kappa shape index (κ3) is 12.2. The Balaban J connectivity index is 1.39. The molecule has 0 saturated carbocycles. The molecule has 0 spiro atoms. The summed E-state index contributed by atoms with van der Waals surface area (Å²) in [6, 6.07) is 17.6. The van der Waals surface area contributed by atoms with Crippen LogP contribution in [-0.4, -0.2) is 46.5 Å². The van der Waals surface area contributed by atoms with E-state index in [4.69, 9.17) is 18.9 Å². The maximum atomic E-state index is 15.7. The minimum Gasteiger partial charge on any atom is -0.428 e. The molecule has 2 aliphatic heterocycles. The molecule has 2 unspecified atom stereocenters. The van der Waals surface area contributed by atoms with Gasteiger partial charge in [0.15, 0.2) is 0 Å². The molecule has 94 heavy (non-hydrogen) atoms. The molecule has 484 valence electrons. The van der Waals surface area contributed by atoms with E-state index in [2.05, 4.69) is 0 Å². The van der Waals surface area contributed by atoms with E-state index >= 15 is 19.2 Å². The fourth-order valence-corrected chi connectivity index (χ4v) is 12.7. The van der Waals surface area contributed by atoms with Crippen LogP contribution in [0.2, 0.25) is 0 Å². The lowest BCUT2D eigenvalue weighted by atomic mass is 9.74. The first kappa shape index (κ1) is 65.4. The van der Waals surface area contributed by atoms with Gasteiger partial charge in [-0.1, -0.05) is 115 Å². The van der Waals surface area contributed by atoms with Crippen LogP contribution in [0.5, 0.6) is 23.0 Å². The van der Waals surface area contributed by atoms with Crippen molar-refractivity contribution in [3.05, 3.63) is 192 Å². The van der Waals surface area contributed by atoms with Crippen molar-refractivity contribution in [3.63, 3.8) is 0 Å². The van der Waals surface area contributed by atoms with Crippen molar-refractivity contribution >= 4 is 66.7 Å². The second-order valence-corrected chi connectivity index (χ2v) is 22.8. The molecule has 2 heterocycles. The summed E-state index contributed by atoms with van der Waals surface area (Å²) in [5.74, 6) is -5.00. The predicted octanol–water partition coefficient (Wildman–Crippen LogP) is 21.7. The number of hydrogen-bond donors (Lipinski definition) is 0.